The van der Waals surface area contributed by atoms with Gasteiger partial charge in [-0.1, -0.05) is 19.3 Å². The van der Waals surface area contributed by atoms with Crippen LogP contribution in [0.15, 0.2) is 6.20 Å². The maximum atomic E-state index is 11.9. The second-order valence-electron chi connectivity index (χ2n) is 7.79. The largest absolute Gasteiger partial charge is 0.481 e. The fourth-order valence-corrected chi connectivity index (χ4v) is 4.58. The van der Waals surface area contributed by atoms with Crippen LogP contribution in [0.4, 0.5) is 0 Å². The van der Waals surface area contributed by atoms with Gasteiger partial charge in [-0.3, -0.25) is 14.8 Å². The van der Waals surface area contributed by atoms with E-state index in [0.29, 0.717) is 25.5 Å². The molecule has 1 saturated carbocycles. The Morgan fingerprint density at radius 2 is 2.20 bits per heavy atom. The fourth-order valence-electron chi connectivity index (χ4n) is 4.58. The van der Waals surface area contributed by atoms with E-state index in [-0.39, 0.29) is 0 Å². The van der Waals surface area contributed by atoms with Crippen LogP contribution in [0, 0.1) is 5.41 Å². The van der Waals surface area contributed by atoms with Gasteiger partial charge in [-0.15, -0.1) is 0 Å². The first-order valence-electron chi connectivity index (χ1n) is 9.61. The van der Waals surface area contributed by atoms with Crippen LogP contribution in [-0.2, 0) is 16.1 Å². The Bertz CT molecular complexity index is 568. The lowest BCUT2D eigenvalue weighted by Crippen LogP contribution is -2.48. The first-order chi connectivity index (χ1) is 12.1. The number of hydrogen-bond donors (Lipinski definition) is 2. The lowest BCUT2D eigenvalue weighted by molar-refractivity contribution is -0.154. The lowest BCUT2D eigenvalue weighted by atomic mass is 9.77. The molecule has 140 valence electrons. The molecule has 0 amide bonds. The Labute approximate surface area is 149 Å². The highest BCUT2D eigenvalue weighted by atomic mass is 16.5. The van der Waals surface area contributed by atoms with Crippen LogP contribution in [-0.4, -0.2) is 53.0 Å². The van der Waals surface area contributed by atoms with Crippen molar-refractivity contribution in [2.75, 3.05) is 26.8 Å². The average molecular weight is 349 g/mol. The Morgan fingerprint density at radius 1 is 1.40 bits per heavy atom. The quantitative estimate of drug-likeness (QED) is 0.790. The van der Waals surface area contributed by atoms with E-state index >= 15 is 0 Å². The summed E-state index contributed by atoms with van der Waals surface area (Å²) in [4.78, 5) is 14.2. The minimum atomic E-state index is -0.686. The standard InChI is InChI=1S/C19H31N3O3/c1-25-11-9-19(18(23)24)8-5-10-22(14-19)13-16-12-20-21-17(16)15-6-3-2-4-7-15/h12,15H,2-11,13-14H2,1H3,(H,20,21)(H,23,24). The number of H-pyrrole nitrogens is 1. The topological polar surface area (TPSA) is 78.5 Å². The zero-order chi connectivity index (χ0) is 17.7. The number of aromatic nitrogens is 2. The second-order valence-corrected chi connectivity index (χ2v) is 7.79. The van der Waals surface area contributed by atoms with Gasteiger partial charge < -0.3 is 9.84 Å². The van der Waals surface area contributed by atoms with Crippen LogP contribution in [0.5, 0.6) is 0 Å². The van der Waals surface area contributed by atoms with E-state index in [9.17, 15) is 9.90 Å². The highest BCUT2D eigenvalue weighted by molar-refractivity contribution is 5.75. The molecule has 6 heteroatoms. The molecular weight excluding hydrogens is 318 g/mol. The average Bonchev–Trinajstić information content (AvgIpc) is 3.09. The van der Waals surface area contributed by atoms with Gasteiger partial charge in [-0.25, -0.2) is 0 Å². The zero-order valence-electron chi connectivity index (χ0n) is 15.3. The summed E-state index contributed by atoms with van der Waals surface area (Å²) in [5.74, 6) is -0.0947. The minimum Gasteiger partial charge on any atom is -0.481 e. The van der Waals surface area contributed by atoms with E-state index < -0.39 is 11.4 Å². The maximum absolute atomic E-state index is 11.9. The molecule has 2 heterocycles. The molecule has 1 unspecified atom stereocenters. The van der Waals surface area contributed by atoms with Crippen molar-refractivity contribution < 1.29 is 14.6 Å². The van der Waals surface area contributed by atoms with Gasteiger partial charge in [-0.2, -0.15) is 5.10 Å². The molecule has 2 N–H and O–H groups in total. The molecule has 0 aromatic carbocycles. The SMILES string of the molecule is COCCC1(C(=O)O)CCCN(Cc2cn[nH]c2C2CCCCC2)C1. The summed E-state index contributed by atoms with van der Waals surface area (Å²) >= 11 is 0. The predicted octanol–water partition coefficient (Wildman–Crippen LogP) is 3.16. The lowest BCUT2D eigenvalue weighted by Gasteiger charge is -2.40. The number of methoxy groups -OCH3 is 1. The van der Waals surface area contributed by atoms with Crippen LogP contribution < -0.4 is 0 Å². The van der Waals surface area contributed by atoms with Crippen LogP contribution in [0.3, 0.4) is 0 Å². The number of rotatable bonds is 7. The van der Waals surface area contributed by atoms with Crippen LogP contribution in [0.2, 0.25) is 0 Å². The molecule has 25 heavy (non-hydrogen) atoms. The highest BCUT2D eigenvalue weighted by Gasteiger charge is 2.42. The van der Waals surface area contributed by atoms with Gasteiger partial charge >= 0.3 is 5.97 Å². The van der Waals surface area contributed by atoms with E-state index in [1.165, 1.54) is 43.4 Å². The number of likely N-dealkylation sites (tertiary alicyclic amines) is 1. The number of carboxylic acids is 1. The molecule has 1 aliphatic carbocycles. The number of hydrogen-bond acceptors (Lipinski definition) is 4. The molecule has 0 radical (unpaired) electrons. The molecule has 1 atom stereocenters. The monoisotopic (exact) mass is 349 g/mol. The van der Waals surface area contributed by atoms with Crippen molar-refractivity contribution >= 4 is 5.97 Å². The van der Waals surface area contributed by atoms with Crippen molar-refractivity contribution in [2.45, 2.75) is 63.8 Å². The predicted molar refractivity (Wildman–Crippen MR) is 95.5 cm³/mol. The summed E-state index contributed by atoms with van der Waals surface area (Å²) in [6, 6.07) is 0. The Kier molecular flexibility index (Phi) is 6.12. The molecular formula is C19H31N3O3. The molecule has 6 nitrogen and oxygen atoms in total. The number of ether oxygens (including phenoxy) is 1. The molecule has 2 aliphatic rings. The van der Waals surface area contributed by atoms with Crippen molar-refractivity contribution in [1.82, 2.24) is 15.1 Å². The molecule has 0 bridgehead atoms. The third kappa shape index (κ3) is 4.23. The minimum absolute atomic E-state index is 0.499. The summed E-state index contributed by atoms with van der Waals surface area (Å²) < 4.78 is 5.16. The molecule has 1 aliphatic heterocycles. The third-order valence-electron chi connectivity index (χ3n) is 6.05. The van der Waals surface area contributed by atoms with Gasteiger partial charge in [0.05, 0.1) is 11.6 Å². The Hall–Kier alpha value is -1.40. The Balaban J connectivity index is 1.68. The first-order valence-corrected chi connectivity index (χ1v) is 9.61. The molecule has 1 aromatic rings. The molecule has 1 aromatic heterocycles. The van der Waals surface area contributed by atoms with Gasteiger partial charge in [0.1, 0.15) is 0 Å². The van der Waals surface area contributed by atoms with Crippen LogP contribution in [0.25, 0.3) is 0 Å². The van der Waals surface area contributed by atoms with Gasteiger partial charge in [0.15, 0.2) is 0 Å². The van der Waals surface area contributed by atoms with E-state index in [1.807, 2.05) is 6.20 Å². The van der Waals surface area contributed by atoms with E-state index in [4.69, 9.17) is 4.74 Å². The van der Waals surface area contributed by atoms with Crippen LogP contribution in [0.1, 0.15) is 68.5 Å². The van der Waals surface area contributed by atoms with Gasteiger partial charge in [0, 0.05) is 44.0 Å². The number of aromatic amines is 1. The summed E-state index contributed by atoms with van der Waals surface area (Å²) in [7, 11) is 1.64. The molecule has 2 fully saturated rings. The second kappa shape index (κ2) is 8.32. The number of aliphatic carboxylic acids is 1. The van der Waals surface area contributed by atoms with Gasteiger partial charge in [0.2, 0.25) is 0 Å². The van der Waals surface area contributed by atoms with E-state index in [1.54, 1.807) is 7.11 Å². The number of carboxylic acid groups (broad SMARTS) is 1. The van der Waals surface area contributed by atoms with Gasteiger partial charge in [0.25, 0.3) is 0 Å². The Morgan fingerprint density at radius 3 is 2.92 bits per heavy atom. The van der Waals surface area contributed by atoms with E-state index in [0.717, 1.165) is 25.9 Å². The highest BCUT2D eigenvalue weighted by Crippen LogP contribution is 2.36. The van der Waals surface area contributed by atoms with Crippen molar-refractivity contribution in [1.29, 1.82) is 0 Å². The van der Waals surface area contributed by atoms with Crippen molar-refractivity contribution in [3.05, 3.63) is 17.5 Å². The maximum Gasteiger partial charge on any atom is 0.311 e. The van der Waals surface area contributed by atoms with E-state index in [2.05, 4.69) is 15.1 Å². The number of piperidine rings is 1. The molecule has 1 saturated heterocycles. The summed E-state index contributed by atoms with van der Waals surface area (Å²) in [5, 5.41) is 17.3. The molecule has 3 rings (SSSR count). The molecule has 0 spiro atoms. The summed E-state index contributed by atoms with van der Waals surface area (Å²) in [6.07, 6.45) is 10.6. The van der Waals surface area contributed by atoms with Crippen molar-refractivity contribution in [3.8, 4) is 0 Å². The zero-order valence-corrected chi connectivity index (χ0v) is 15.3. The third-order valence-corrected chi connectivity index (χ3v) is 6.05. The number of nitrogens with zero attached hydrogens (tertiary/aromatic N) is 2. The number of nitrogens with one attached hydrogen (secondary N) is 1. The number of carbonyl (C=O) groups is 1. The van der Waals surface area contributed by atoms with Crippen molar-refractivity contribution in [3.63, 3.8) is 0 Å². The van der Waals surface area contributed by atoms with Gasteiger partial charge in [-0.05, 0) is 38.6 Å². The first kappa shape index (κ1) is 18.4. The summed E-state index contributed by atoms with van der Waals surface area (Å²) in [5.41, 5.74) is 1.85. The van der Waals surface area contributed by atoms with Crippen molar-refractivity contribution in [2.24, 2.45) is 5.41 Å². The summed E-state index contributed by atoms with van der Waals surface area (Å²) in [6.45, 7) is 2.85. The fraction of sp³-hybridized carbons (Fsp3) is 0.789. The van der Waals surface area contributed by atoms with Crippen LogP contribution >= 0.6 is 0 Å². The smallest absolute Gasteiger partial charge is 0.311 e. The normalized spacial score (nSPS) is 26.0.